The number of Topliss-reactive ketones (excluding diaryl/α,β-unsaturated/α-hetero) is 1. The van der Waals surface area contributed by atoms with Gasteiger partial charge in [-0.1, -0.05) is 39.0 Å². The quantitative estimate of drug-likeness (QED) is 0.506. The van der Waals surface area contributed by atoms with Crippen molar-refractivity contribution in [2.75, 3.05) is 0 Å². The Labute approximate surface area is 208 Å². The van der Waals surface area contributed by atoms with Crippen molar-refractivity contribution in [3.63, 3.8) is 0 Å². The van der Waals surface area contributed by atoms with Crippen molar-refractivity contribution in [1.29, 1.82) is 0 Å². The summed E-state index contributed by atoms with van der Waals surface area (Å²) in [6, 6.07) is 9.45. The number of aryl methyl sites for hydroxylation is 1. The lowest BCUT2D eigenvalue weighted by molar-refractivity contribution is -0.119. The molecule has 188 valence electrons. The molecule has 0 bridgehead atoms. The van der Waals surface area contributed by atoms with Crippen LogP contribution in [-0.4, -0.2) is 23.1 Å². The van der Waals surface area contributed by atoms with Gasteiger partial charge in [0.25, 0.3) is 0 Å². The molecule has 2 aliphatic heterocycles. The van der Waals surface area contributed by atoms with Crippen molar-refractivity contribution in [2.24, 2.45) is 15.6 Å². The third-order valence-electron chi connectivity index (χ3n) is 7.80. The molecule has 5 rings (SSSR count). The second-order valence-electron chi connectivity index (χ2n) is 10.7. The highest BCUT2D eigenvalue weighted by atomic mass is 19.4. The first-order chi connectivity index (χ1) is 16.9. The minimum atomic E-state index is -4.69. The normalized spacial score (nSPS) is 25.1. The van der Waals surface area contributed by atoms with Crippen LogP contribution in [0.4, 0.5) is 13.2 Å². The van der Waals surface area contributed by atoms with E-state index in [2.05, 4.69) is 20.5 Å². The largest absolute Gasteiger partial charge is 0.435 e. The zero-order chi connectivity index (χ0) is 26.0. The maximum Gasteiger partial charge on any atom is 0.435 e. The minimum absolute atomic E-state index is 0.0177. The first-order valence-electron chi connectivity index (χ1n) is 12.2. The molecule has 8 heteroatoms. The molecule has 2 atom stereocenters. The number of allylic oxidation sites excluding steroid dienone is 3. The fourth-order valence-corrected chi connectivity index (χ4v) is 6.12. The van der Waals surface area contributed by atoms with Crippen molar-refractivity contribution >= 4 is 5.78 Å². The van der Waals surface area contributed by atoms with E-state index in [9.17, 15) is 18.0 Å². The summed E-state index contributed by atoms with van der Waals surface area (Å²) in [4.78, 5) is 18.1. The number of hydrogen-bond acceptors (Lipinski definition) is 5. The molecule has 2 unspecified atom stereocenters. The number of benzene rings is 1. The molecule has 3 aliphatic rings. The molecule has 2 aromatic rings. The zero-order valence-electron chi connectivity index (χ0n) is 21.0. The second kappa shape index (κ2) is 8.11. The van der Waals surface area contributed by atoms with Crippen molar-refractivity contribution in [2.45, 2.75) is 71.6 Å². The van der Waals surface area contributed by atoms with Crippen LogP contribution in [-0.2, 0) is 10.2 Å². The summed E-state index contributed by atoms with van der Waals surface area (Å²) < 4.78 is 42.8. The van der Waals surface area contributed by atoms with Gasteiger partial charge < -0.3 is 5.32 Å². The number of alkyl halides is 3. The molecular weight excluding hydrogens is 465 g/mol. The SMILES string of the molecule is CCC1(c2cccc(-c3ccnc(C)c3C)c2)C2=C(CC(C)(C)CC2=O)NC2N=NC(C(F)(F)F)=C21. The molecule has 0 spiro atoms. The van der Waals surface area contributed by atoms with E-state index in [1.165, 1.54) is 0 Å². The van der Waals surface area contributed by atoms with Gasteiger partial charge in [0.05, 0.1) is 5.41 Å². The predicted molar refractivity (Wildman–Crippen MR) is 131 cm³/mol. The zero-order valence-corrected chi connectivity index (χ0v) is 21.0. The molecule has 0 radical (unpaired) electrons. The van der Waals surface area contributed by atoms with Crippen LogP contribution in [0.25, 0.3) is 11.1 Å². The average Bonchev–Trinajstić information content (AvgIpc) is 3.23. The van der Waals surface area contributed by atoms with Crippen LogP contribution in [0.2, 0.25) is 0 Å². The minimum Gasteiger partial charge on any atom is -0.362 e. The van der Waals surface area contributed by atoms with Crippen LogP contribution < -0.4 is 5.32 Å². The van der Waals surface area contributed by atoms with Crippen LogP contribution in [0.1, 0.15) is 56.9 Å². The lowest BCUT2D eigenvalue weighted by Gasteiger charge is -2.48. The summed E-state index contributed by atoms with van der Waals surface area (Å²) in [5.74, 6) is -0.128. The van der Waals surface area contributed by atoms with Gasteiger partial charge in [-0.05, 0) is 66.5 Å². The topological polar surface area (TPSA) is 66.7 Å². The van der Waals surface area contributed by atoms with E-state index in [4.69, 9.17) is 0 Å². The van der Waals surface area contributed by atoms with Crippen molar-refractivity contribution in [3.05, 3.63) is 75.9 Å². The molecule has 1 aliphatic carbocycles. The number of azo groups is 1. The van der Waals surface area contributed by atoms with Crippen LogP contribution in [0.5, 0.6) is 0 Å². The van der Waals surface area contributed by atoms with Gasteiger partial charge in [-0.2, -0.15) is 18.3 Å². The van der Waals surface area contributed by atoms with Crippen LogP contribution in [0.3, 0.4) is 0 Å². The number of ketones is 1. The Kier molecular flexibility index (Phi) is 5.50. The van der Waals surface area contributed by atoms with E-state index in [0.29, 0.717) is 23.3 Å². The fraction of sp³-hybridized carbons (Fsp3) is 0.429. The number of rotatable bonds is 3. The summed E-state index contributed by atoms with van der Waals surface area (Å²) in [6.07, 6.45) is -2.83. The number of nitrogens with zero attached hydrogens (tertiary/aromatic N) is 3. The molecule has 3 heterocycles. The molecule has 5 nitrogen and oxygen atoms in total. The standard InChI is InChI=1S/C28H29F3N4O/c1-6-27(18-9-7-8-17(12-18)19-10-11-32-16(3)15(19)2)22-20(13-26(4,5)14-21(22)36)33-25-23(27)24(34-35-25)28(29,30)31/h7-12,25,33H,6,13-14H2,1-5H3. The maximum absolute atomic E-state index is 14.3. The van der Waals surface area contributed by atoms with Gasteiger partial charge in [-0.3, -0.25) is 9.78 Å². The molecule has 0 saturated carbocycles. The molecule has 0 saturated heterocycles. The Morgan fingerprint density at radius 3 is 2.58 bits per heavy atom. The third kappa shape index (κ3) is 3.61. The number of nitrogens with one attached hydrogen (secondary N) is 1. The number of hydrogen-bond donors (Lipinski definition) is 1. The number of halogens is 3. The number of pyridine rings is 1. The summed E-state index contributed by atoms with van der Waals surface area (Å²) in [7, 11) is 0. The van der Waals surface area contributed by atoms with Gasteiger partial charge in [0, 0.05) is 35.2 Å². The number of fused-ring (bicyclic) bond motifs is 1. The van der Waals surface area contributed by atoms with Crippen molar-refractivity contribution in [1.82, 2.24) is 10.3 Å². The Hall–Kier alpha value is -3.29. The van der Waals surface area contributed by atoms with Crippen LogP contribution >= 0.6 is 0 Å². The first-order valence-corrected chi connectivity index (χ1v) is 12.2. The summed E-state index contributed by atoms with van der Waals surface area (Å²) in [5, 5.41) is 10.8. The fourth-order valence-electron chi connectivity index (χ4n) is 6.12. The molecular formula is C28H29F3N4O. The molecule has 1 N–H and O–H groups in total. The Balaban J connectivity index is 1.83. The van der Waals surface area contributed by atoms with E-state index in [1.807, 2.05) is 65.0 Å². The van der Waals surface area contributed by atoms with E-state index in [-0.39, 0.29) is 29.6 Å². The molecule has 1 aromatic heterocycles. The van der Waals surface area contributed by atoms with Gasteiger partial charge in [-0.15, -0.1) is 5.11 Å². The Morgan fingerprint density at radius 1 is 1.14 bits per heavy atom. The monoisotopic (exact) mass is 494 g/mol. The van der Waals surface area contributed by atoms with Crippen molar-refractivity contribution < 1.29 is 18.0 Å². The van der Waals surface area contributed by atoms with Gasteiger partial charge in [0.15, 0.2) is 17.6 Å². The summed E-state index contributed by atoms with van der Waals surface area (Å²) in [6.45, 7) is 9.75. The maximum atomic E-state index is 14.3. The Bertz CT molecular complexity index is 1370. The smallest absolute Gasteiger partial charge is 0.362 e. The second-order valence-corrected chi connectivity index (χ2v) is 10.7. The number of carbonyl (C=O) groups is 1. The number of aromatic nitrogens is 1. The molecule has 0 fully saturated rings. The van der Waals surface area contributed by atoms with Gasteiger partial charge in [-0.25, -0.2) is 0 Å². The lowest BCUT2D eigenvalue weighted by Crippen LogP contribution is -2.52. The lowest BCUT2D eigenvalue weighted by atomic mass is 9.58. The van der Waals surface area contributed by atoms with Gasteiger partial charge in [0.1, 0.15) is 0 Å². The summed E-state index contributed by atoms with van der Waals surface area (Å²) >= 11 is 0. The van der Waals surface area contributed by atoms with E-state index in [0.717, 1.165) is 22.4 Å². The molecule has 36 heavy (non-hydrogen) atoms. The average molecular weight is 495 g/mol. The molecule has 0 amide bonds. The van der Waals surface area contributed by atoms with Gasteiger partial charge in [0.2, 0.25) is 0 Å². The van der Waals surface area contributed by atoms with Crippen LogP contribution in [0, 0.1) is 19.3 Å². The van der Waals surface area contributed by atoms with E-state index in [1.54, 1.807) is 6.20 Å². The highest BCUT2D eigenvalue weighted by molar-refractivity contribution is 6.01. The highest BCUT2D eigenvalue weighted by Crippen LogP contribution is 2.56. The highest BCUT2D eigenvalue weighted by Gasteiger charge is 2.57. The van der Waals surface area contributed by atoms with E-state index < -0.39 is 23.5 Å². The predicted octanol–water partition coefficient (Wildman–Crippen LogP) is 6.87. The van der Waals surface area contributed by atoms with Crippen molar-refractivity contribution in [3.8, 4) is 11.1 Å². The number of carbonyl (C=O) groups excluding carboxylic acids is 1. The van der Waals surface area contributed by atoms with Crippen LogP contribution in [0.15, 0.2) is 69.3 Å². The molecule has 1 aromatic carbocycles. The van der Waals surface area contributed by atoms with E-state index >= 15 is 0 Å². The van der Waals surface area contributed by atoms with Gasteiger partial charge >= 0.3 is 6.18 Å². The first kappa shape index (κ1) is 24.4. The Morgan fingerprint density at radius 2 is 1.89 bits per heavy atom. The summed E-state index contributed by atoms with van der Waals surface area (Å²) in [5.41, 5.74) is 2.86. The third-order valence-corrected chi connectivity index (χ3v) is 7.80.